The maximum atomic E-state index is 11.2. The van der Waals surface area contributed by atoms with Gasteiger partial charge in [-0.25, -0.2) is 9.78 Å². The van der Waals surface area contributed by atoms with Crippen LogP contribution in [0.25, 0.3) is 11.4 Å². The van der Waals surface area contributed by atoms with Gasteiger partial charge >= 0.3 is 5.97 Å². The quantitative estimate of drug-likeness (QED) is 0.869. The second kappa shape index (κ2) is 3.98. The lowest BCUT2D eigenvalue weighted by atomic mass is 10.1. The van der Waals surface area contributed by atoms with Gasteiger partial charge in [-0.05, 0) is 25.8 Å². The molecule has 0 unspecified atom stereocenters. The number of imidazole rings is 1. The minimum atomic E-state index is -0.952. The van der Waals surface area contributed by atoms with Crippen LogP contribution in [0.5, 0.6) is 0 Å². The van der Waals surface area contributed by atoms with Gasteiger partial charge in [-0.3, -0.25) is 0 Å². The van der Waals surface area contributed by atoms with Crippen molar-refractivity contribution < 1.29 is 9.90 Å². The molecule has 4 heteroatoms. The molecule has 2 aromatic rings. The molecule has 1 aromatic carbocycles. The summed E-state index contributed by atoms with van der Waals surface area (Å²) in [4.78, 5) is 18.6. The Morgan fingerprint density at radius 1 is 1.44 bits per heavy atom. The average Bonchev–Trinajstić information content (AvgIpc) is 3.07. The van der Waals surface area contributed by atoms with Crippen molar-refractivity contribution in [1.82, 2.24) is 9.97 Å². The zero-order chi connectivity index (χ0) is 12.7. The number of aryl methyl sites for hydroxylation is 1. The van der Waals surface area contributed by atoms with E-state index in [0.29, 0.717) is 11.7 Å². The minimum absolute atomic E-state index is 0.175. The predicted octanol–water partition coefficient (Wildman–Crippen LogP) is 2.96. The summed E-state index contributed by atoms with van der Waals surface area (Å²) in [6.45, 7) is 2.01. The highest BCUT2D eigenvalue weighted by atomic mass is 16.4. The van der Waals surface area contributed by atoms with Crippen LogP contribution in [-0.2, 0) is 0 Å². The molecule has 92 valence electrons. The second-order valence-electron chi connectivity index (χ2n) is 4.80. The number of H-pyrrole nitrogens is 1. The maximum Gasteiger partial charge on any atom is 0.356 e. The van der Waals surface area contributed by atoms with Crippen molar-refractivity contribution in [3.8, 4) is 11.4 Å². The molecule has 0 saturated heterocycles. The van der Waals surface area contributed by atoms with Crippen molar-refractivity contribution in [3.63, 3.8) is 0 Å². The van der Waals surface area contributed by atoms with Crippen LogP contribution >= 0.6 is 0 Å². The molecule has 1 aliphatic rings. The molecule has 2 N–H and O–H groups in total. The van der Waals surface area contributed by atoms with Gasteiger partial charge in [0.2, 0.25) is 0 Å². The lowest BCUT2D eigenvalue weighted by Gasteiger charge is -1.98. The van der Waals surface area contributed by atoms with Crippen LogP contribution in [0.2, 0.25) is 0 Å². The fourth-order valence-corrected chi connectivity index (χ4v) is 2.15. The number of hydrogen-bond donors (Lipinski definition) is 2. The van der Waals surface area contributed by atoms with Crippen molar-refractivity contribution in [2.45, 2.75) is 25.7 Å². The standard InChI is InChI=1S/C14H14N2O2/c1-8-3-2-4-10(7-8)13-15-11(9-5-6-9)12(16-13)14(17)18/h2-4,7,9H,5-6H2,1H3,(H,15,16)(H,17,18). The molecular formula is C14H14N2O2. The molecule has 0 radical (unpaired) electrons. The lowest BCUT2D eigenvalue weighted by Crippen LogP contribution is -2.00. The summed E-state index contributed by atoms with van der Waals surface area (Å²) in [6, 6.07) is 7.89. The number of nitrogens with zero attached hydrogens (tertiary/aromatic N) is 1. The number of benzene rings is 1. The molecule has 4 nitrogen and oxygen atoms in total. The average molecular weight is 242 g/mol. The minimum Gasteiger partial charge on any atom is -0.476 e. The topological polar surface area (TPSA) is 66.0 Å². The summed E-state index contributed by atoms with van der Waals surface area (Å²) >= 11 is 0. The molecule has 1 heterocycles. The fraction of sp³-hybridized carbons (Fsp3) is 0.286. The summed E-state index contributed by atoms with van der Waals surface area (Å²) in [6.07, 6.45) is 2.10. The zero-order valence-electron chi connectivity index (χ0n) is 10.1. The molecule has 1 aliphatic carbocycles. The molecule has 1 saturated carbocycles. The van der Waals surface area contributed by atoms with Gasteiger partial charge in [-0.1, -0.05) is 23.8 Å². The molecule has 3 rings (SSSR count). The van der Waals surface area contributed by atoms with Gasteiger partial charge in [0.1, 0.15) is 5.82 Å². The van der Waals surface area contributed by atoms with Gasteiger partial charge in [-0.2, -0.15) is 0 Å². The number of aromatic nitrogens is 2. The summed E-state index contributed by atoms with van der Waals surface area (Å²) in [5.74, 6) is 0.0483. The molecule has 0 spiro atoms. The number of rotatable bonds is 3. The molecule has 0 aliphatic heterocycles. The van der Waals surface area contributed by atoms with Crippen molar-refractivity contribution in [1.29, 1.82) is 0 Å². The molecule has 0 atom stereocenters. The third-order valence-electron chi connectivity index (χ3n) is 3.21. The molecule has 1 aromatic heterocycles. The molecule has 0 bridgehead atoms. The Balaban J connectivity index is 2.07. The fourth-order valence-electron chi connectivity index (χ4n) is 2.15. The van der Waals surface area contributed by atoms with Gasteiger partial charge in [0.25, 0.3) is 0 Å². The zero-order valence-corrected chi connectivity index (χ0v) is 10.1. The SMILES string of the molecule is Cc1cccc(-c2nc(C(=O)O)c(C3CC3)[nH]2)c1. The number of aromatic amines is 1. The van der Waals surface area contributed by atoms with Gasteiger partial charge < -0.3 is 10.1 Å². The van der Waals surface area contributed by atoms with E-state index in [2.05, 4.69) is 9.97 Å². The number of nitrogens with one attached hydrogen (secondary N) is 1. The number of hydrogen-bond acceptors (Lipinski definition) is 2. The number of carboxylic acid groups (broad SMARTS) is 1. The molecule has 0 amide bonds. The molecule has 18 heavy (non-hydrogen) atoms. The Bertz CT molecular complexity index is 612. The van der Waals surface area contributed by atoms with Crippen molar-refractivity contribution in [2.24, 2.45) is 0 Å². The van der Waals surface area contributed by atoms with Crippen LogP contribution in [0, 0.1) is 6.92 Å². The van der Waals surface area contributed by atoms with Crippen LogP contribution in [-0.4, -0.2) is 21.0 Å². The van der Waals surface area contributed by atoms with E-state index in [4.69, 9.17) is 0 Å². The summed E-state index contributed by atoms with van der Waals surface area (Å²) < 4.78 is 0. The highest BCUT2D eigenvalue weighted by molar-refractivity contribution is 5.88. The molecular weight excluding hydrogens is 228 g/mol. The van der Waals surface area contributed by atoms with E-state index in [1.165, 1.54) is 0 Å². The van der Waals surface area contributed by atoms with E-state index in [1.54, 1.807) is 0 Å². The van der Waals surface area contributed by atoms with Gasteiger partial charge in [0.05, 0.1) is 5.69 Å². The first-order valence-electron chi connectivity index (χ1n) is 6.05. The van der Waals surface area contributed by atoms with Gasteiger partial charge in [-0.15, -0.1) is 0 Å². The summed E-state index contributed by atoms with van der Waals surface area (Å²) in [7, 11) is 0. The monoisotopic (exact) mass is 242 g/mol. The predicted molar refractivity (Wildman–Crippen MR) is 67.7 cm³/mol. The highest BCUT2D eigenvalue weighted by Crippen LogP contribution is 2.41. The summed E-state index contributed by atoms with van der Waals surface area (Å²) in [5, 5.41) is 9.17. The Labute approximate surface area is 105 Å². The first-order chi connectivity index (χ1) is 8.65. The van der Waals surface area contributed by atoms with Crippen molar-refractivity contribution in [3.05, 3.63) is 41.2 Å². The van der Waals surface area contributed by atoms with Gasteiger partial charge in [0, 0.05) is 11.5 Å². The number of carboxylic acids is 1. The van der Waals surface area contributed by atoms with Crippen LogP contribution in [0.15, 0.2) is 24.3 Å². The van der Waals surface area contributed by atoms with E-state index in [9.17, 15) is 9.90 Å². The Morgan fingerprint density at radius 3 is 2.83 bits per heavy atom. The first kappa shape index (κ1) is 11.0. The highest BCUT2D eigenvalue weighted by Gasteiger charge is 2.31. The van der Waals surface area contributed by atoms with Gasteiger partial charge in [0.15, 0.2) is 5.69 Å². The third-order valence-corrected chi connectivity index (χ3v) is 3.21. The number of carbonyl (C=O) groups is 1. The second-order valence-corrected chi connectivity index (χ2v) is 4.80. The van der Waals surface area contributed by atoms with Crippen LogP contribution in [0.4, 0.5) is 0 Å². The largest absolute Gasteiger partial charge is 0.476 e. The van der Waals surface area contributed by atoms with Crippen LogP contribution in [0.3, 0.4) is 0 Å². The Kier molecular flexibility index (Phi) is 2.44. The lowest BCUT2D eigenvalue weighted by molar-refractivity contribution is 0.0690. The third kappa shape index (κ3) is 1.90. The van der Waals surface area contributed by atoms with Crippen LogP contribution < -0.4 is 0 Å². The van der Waals surface area contributed by atoms with E-state index < -0.39 is 5.97 Å². The van der Waals surface area contributed by atoms with Crippen LogP contribution in [0.1, 0.15) is 40.5 Å². The Hall–Kier alpha value is -2.10. The Morgan fingerprint density at radius 2 is 2.22 bits per heavy atom. The van der Waals surface area contributed by atoms with Crippen molar-refractivity contribution in [2.75, 3.05) is 0 Å². The number of aromatic carboxylic acids is 1. The van der Waals surface area contributed by atoms with E-state index in [0.717, 1.165) is 29.7 Å². The maximum absolute atomic E-state index is 11.2. The normalized spacial score (nSPS) is 14.7. The van der Waals surface area contributed by atoms with E-state index in [-0.39, 0.29) is 5.69 Å². The smallest absolute Gasteiger partial charge is 0.356 e. The molecule has 1 fully saturated rings. The van der Waals surface area contributed by atoms with Crippen molar-refractivity contribution >= 4 is 5.97 Å². The van der Waals surface area contributed by atoms with E-state index in [1.807, 2.05) is 31.2 Å². The first-order valence-corrected chi connectivity index (χ1v) is 6.05. The van der Waals surface area contributed by atoms with E-state index >= 15 is 0 Å². The summed E-state index contributed by atoms with van der Waals surface area (Å²) in [5.41, 5.74) is 3.02.